The van der Waals surface area contributed by atoms with Gasteiger partial charge < -0.3 is 29.8 Å². The lowest BCUT2D eigenvalue weighted by Gasteiger charge is -2.15. The van der Waals surface area contributed by atoms with Gasteiger partial charge in [-0.1, -0.05) is 0 Å². The highest BCUT2D eigenvalue weighted by Gasteiger charge is 2.20. The standard InChI is InChI=1S/C21H21F3N4O3/c1-25-21(26-5-4-12-9-27-16-3-2-14(22)7-15(12)16)28-10-13-6-18-19(30-11-29-18)8-17(13)31-20(23)24/h2-3,6-9,20,27H,4-5,10-11H2,1H3,(H2,25,26,28). The Labute approximate surface area is 176 Å². The fraction of sp³-hybridized carbons (Fsp3) is 0.286. The van der Waals surface area contributed by atoms with Crippen molar-refractivity contribution in [2.24, 2.45) is 4.99 Å². The predicted molar refractivity (Wildman–Crippen MR) is 109 cm³/mol. The summed E-state index contributed by atoms with van der Waals surface area (Å²) in [5, 5.41) is 7.06. The number of aromatic nitrogens is 1. The molecule has 0 atom stereocenters. The van der Waals surface area contributed by atoms with Gasteiger partial charge in [-0.05, 0) is 36.2 Å². The Morgan fingerprint density at radius 1 is 1.16 bits per heavy atom. The van der Waals surface area contributed by atoms with Crippen LogP contribution in [0.1, 0.15) is 11.1 Å². The van der Waals surface area contributed by atoms with Gasteiger partial charge in [0, 0.05) is 48.9 Å². The third-order valence-electron chi connectivity index (χ3n) is 4.86. The molecule has 4 rings (SSSR count). The molecule has 1 aromatic heterocycles. The lowest BCUT2D eigenvalue weighted by atomic mass is 10.1. The van der Waals surface area contributed by atoms with Crippen LogP contribution in [-0.4, -0.2) is 37.9 Å². The fourth-order valence-electron chi connectivity index (χ4n) is 3.38. The van der Waals surface area contributed by atoms with Gasteiger partial charge in [-0.3, -0.25) is 4.99 Å². The molecule has 164 valence electrons. The molecule has 2 aromatic carbocycles. The number of rotatable bonds is 7. The lowest BCUT2D eigenvalue weighted by Crippen LogP contribution is -2.37. The van der Waals surface area contributed by atoms with E-state index in [1.165, 1.54) is 18.2 Å². The topological polar surface area (TPSA) is 79.9 Å². The molecule has 3 aromatic rings. The van der Waals surface area contributed by atoms with Gasteiger partial charge in [-0.25, -0.2) is 4.39 Å². The van der Waals surface area contributed by atoms with Crippen LogP contribution in [0, 0.1) is 5.82 Å². The molecule has 1 aliphatic rings. The molecule has 0 saturated heterocycles. The third kappa shape index (κ3) is 4.79. The van der Waals surface area contributed by atoms with Crippen molar-refractivity contribution in [3.05, 3.63) is 53.5 Å². The van der Waals surface area contributed by atoms with Gasteiger partial charge in [0.15, 0.2) is 17.5 Å². The summed E-state index contributed by atoms with van der Waals surface area (Å²) in [5.74, 6) is 1.02. The highest BCUT2D eigenvalue weighted by Crippen LogP contribution is 2.38. The average molecular weight is 434 g/mol. The Morgan fingerprint density at radius 3 is 2.74 bits per heavy atom. The summed E-state index contributed by atoms with van der Waals surface area (Å²) in [6.07, 6.45) is 2.48. The van der Waals surface area contributed by atoms with Gasteiger partial charge >= 0.3 is 6.61 Å². The van der Waals surface area contributed by atoms with E-state index in [0.717, 1.165) is 16.5 Å². The van der Waals surface area contributed by atoms with Gasteiger partial charge in [0.05, 0.1) is 0 Å². The first-order valence-corrected chi connectivity index (χ1v) is 9.61. The zero-order chi connectivity index (χ0) is 21.8. The number of H-pyrrole nitrogens is 1. The summed E-state index contributed by atoms with van der Waals surface area (Å²) in [6, 6.07) is 7.60. The second-order valence-electron chi connectivity index (χ2n) is 6.80. The molecule has 31 heavy (non-hydrogen) atoms. The highest BCUT2D eigenvalue weighted by atomic mass is 19.3. The van der Waals surface area contributed by atoms with Crippen molar-refractivity contribution in [1.82, 2.24) is 15.6 Å². The summed E-state index contributed by atoms with van der Waals surface area (Å²) >= 11 is 0. The maximum absolute atomic E-state index is 13.5. The number of benzene rings is 2. The molecule has 2 heterocycles. The number of fused-ring (bicyclic) bond motifs is 2. The number of aliphatic imine (C=N–C) groups is 1. The zero-order valence-electron chi connectivity index (χ0n) is 16.7. The zero-order valence-corrected chi connectivity index (χ0v) is 16.7. The Bertz CT molecular complexity index is 1100. The monoisotopic (exact) mass is 434 g/mol. The van der Waals surface area contributed by atoms with Gasteiger partial charge in [0.1, 0.15) is 11.6 Å². The minimum absolute atomic E-state index is 0.00280. The Morgan fingerprint density at radius 2 is 1.97 bits per heavy atom. The van der Waals surface area contributed by atoms with E-state index in [-0.39, 0.29) is 24.9 Å². The number of aromatic amines is 1. The number of alkyl halides is 2. The largest absolute Gasteiger partial charge is 0.454 e. The molecule has 0 spiro atoms. The van der Waals surface area contributed by atoms with Crippen molar-refractivity contribution in [3.8, 4) is 17.2 Å². The van der Waals surface area contributed by atoms with Crippen molar-refractivity contribution < 1.29 is 27.4 Å². The maximum Gasteiger partial charge on any atom is 0.387 e. The maximum atomic E-state index is 13.5. The molecular weight excluding hydrogens is 413 g/mol. The van der Waals surface area contributed by atoms with Crippen LogP contribution < -0.4 is 24.8 Å². The van der Waals surface area contributed by atoms with Crippen molar-refractivity contribution in [3.63, 3.8) is 0 Å². The first-order valence-electron chi connectivity index (χ1n) is 9.61. The molecule has 10 heteroatoms. The number of hydrogen-bond donors (Lipinski definition) is 3. The number of hydrogen-bond acceptors (Lipinski definition) is 4. The molecular formula is C21H21F3N4O3. The Kier molecular flexibility index (Phi) is 6.06. The van der Waals surface area contributed by atoms with Crippen molar-refractivity contribution in [1.29, 1.82) is 0 Å². The quantitative estimate of drug-likeness (QED) is 0.392. The van der Waals surface area contributed by atoms with Crippen LogP contribution in [-0.2, 0) is 13.0 Å². The average Bonchev–Trinajstić information content (AvgIpc) is 3.36. The van der Waals surface area contributed by atoms with E-state index in [4.69, 9.17) is 9.47 Å². The van der Waals surface area contributed by atoms with E-state index in [1.54, 1.807) is 19.2 Å². The second kappa shape index (κ2) is 9.07. The van der Waals surface area contributed by atoms with E-state index in [0.29, 0.717) is 36.0 Å². The summed E-state index contributed by atoms with van der Waals surface area (Å²) in [5.41, 5.74) is 2.31. The Balaban J connectivity index is 1.37. The van der Waals surface area contributed by atoms with Crippen LogP contribution in [0.25, 0.3) is 10.9 Å². The lowest BCUT2D eigenvalue weighted by molar-refractivity contribution is -0.0505. The van der Waals surface area contributed by atoms with E-state index >= 15 is 0 Å². The van der Waals surface area contributed by atoms with Crippen LogP contribution >= 0.6 is 0 Å². The van der Waals surface area contributed by atoms with Crippen LogP contribution in [0.5, 0.6) is 17.2 Å². The van der Waals surface area contributed by atoms with Crippen LogP contribution in [0.2, 0.25) is 0 Å². The van der Waals surface area contributed by atoms with E-state index in [2.05, 4.69) is 25.3 Å². The smallest absolute Gasteiger partial charge is 0.387 e. The molecule has 0 saturated carbocycles. The van der Waals surface area contributed by atoms with Crippen LogP contribution in [0.15, 0.2) is 41.5 Å². The number of nitrogens with zero attached hydrogens (tertiary/aromatic N) is 1. The van der Waals surface area contributed by atoms with Crippen molar-refractivity contribution >= 4 is 16.9 Å². The summed E-state index contributed by atoms with van der Waals surface area (Å²) < 4.78 is 54.2. The van der Waals surface area contributed by atoms with Gasteiger partial charge in [0.2, 0.25) is 6.79 Å². The summed E-state index contributed by atoms with van der Waals surface area (Å²) in [4.78, 5) is 7.26. The highest BCUT2D eigenvalue weighted by molar-refractivity contribution is 5.83. The number of halogens is 3. The van der Waals surface area contributed by atoms with Crippen molar-refractivity contribution in [2.45, 2.75) is 19.6 Å². The fourth-order valence-corrected chi connectivity index (χ4v) is 3.38. The molecule has 0 aliphatic carbocycles. The SMILES string of the molecule is CN=C(NCCc1c[nH]c2ccc(F)cc12)NCc1cc2c(cc1OC(F)F)OCO2. The molecule has 7 nitrogen and oxygen atoms in total. The minimum atomic E-state index is -2.96. The molecule has 0 bridgehead atoms. The van der Waals surface area contributed by atoms with E-state index < -0.39 is 6.61 Å². The van der Waals surface area contributed by atoms with Crippen LogP contribution in [0.4, 0.5) is 13.2 Å². The van der Waals surface area contributed by atoms with E-state index in [1.807, 2.05) is 6.20 Å². The normalized spacial score (nSPS) is 13.1. The Hall–Kier alpha value is -3.56. The summed E-state index contributed by atoms with van der Waals surface area (Å²) in [7, 11) is 1.60. The van der Waals surface area contributed by atoms with E-state index in [9.17, 15) is 13.2 Å². The second-order valence-corrected chi connectivity index (χ2v) is 6.80. The van der Waals surface area contributed by atoms with Gasteiger partial charge in [-0.15, -0.1) is 0 Å². The van der Waals surface area contributed by atoms with Gasteiger partial charge in [-0.2, -0.15) is 8.78 Å². The first kappa shape index (κ1) is 20.7. The molecule has 0 amide bonds. The predicted octanol–water partition coefficient (Wildman–Crippen LogP) is 3.54. The molecule has 1 aliphatic heterocycles. The summed E-state index contributed by atoms with van der Waals surface area (Å²) in [6.45, 7) is -2.22. The first-order chi connectivity index (χ1) is 15.0. The molecule has 0 unspecified atom stereocenters. The van der Waals surface area contributed by atoms with Crippen molar-refractivity contribution in [2.75, 3.05) is 20.4 Å². The third-order valence-corrected chi connectivity index (χ3v) is 4.86. The molecule has 3 N–H and O–H groups in total. The van der Waals surface area contributed by atoms with Gasteiger partial charge in [0.25, 0.3) is 0 Å². The molecule has 0 fully saturated rings. The number of nitrogens with one attached hydrogen (secondary N) is 3. The molecule has 0 radical (unpaired) electrons. The van der Waals surface area contributed by atoms with Crippen LogP contribution in [0.3, 0.4) is 0 Å². The minimum Gasteiger partial charge on any atom is -0.454 e. The number of guanidine groups is 1. The number of ether oxygens (including phenoxy) is 3.